The lowest BCUT2D eigenvalue weighted by molar-refractivity contribution is -0.133. The van der Waals surface area contributed by atoms with Crippen molar-refractivity contribution in [3.63, 3.8) is 0 Å². The van der Waals surface area contributed by atoms with Crippen LogP contribution in [0.25, 0.3) is 10.8 Å². The second kappa shape index (κ2) is 6.91. The highest BCUT2D eigenvalue weighted by molar-refractivity contribution is 5.88. The van der Waals surface area contributed by atoms with Crippen LogP contribution in [0.4, 0.5) is 0 Å². The van der Waals surface area contributed by atoms with Crippen LogP contribution in [0.1, 0.15) is 25.5 Å². The summed E-state index contributed by atoms with van der Waals surface area (Å²) in [5.41, 5.74) is 0.395. The molecular formula is C17H21N3O3. The largest absolute Gasteiger partial charge is 0.378 e. The van der Waals surface area contributed by atoms with Crippen LogP contribution < -0.4 is 5.56 Å². The first-order valence-corrected chi connectivity index (χ1v) is 8.04. The molecule has 122 valence electrons. The standard InChI is InChI=1S/C17H21N3O3/c1-2-23-12-7-9-20(10-8-12)16(21)11-15-13-5-3-4-6-14(13)17(22)19-18-15/h3-6,12H,2,7-11H2,1H3,(H,19,22). The van der Waals surface area contributed by atoms with Crippen LogP contribution in [0.5, 0.6) is 0 Å². The zero-order chi connectivity index (χ0) is 16.2. The molecule has 2 aromatic rings. The summed E-state index contributed by atoms with van der Waals surface area (Å²) in [7, 11) is 0. The highest BCUT2D eigenvalue weighted by Gasteiger charge is 2.23. The van der Waals surface area contributed by atoms with E-state index in [1.54, 1.807) is 6.07 Å². The SMILES string of the molecule is CCOC1CCN(C(=O)Cc2n[nH]c(=O)c3ccccc23)CC1. The molecule has 0 radical (unpaired) electrons. The maximum atomic E-state index is 12.5. The van der Waals surface area contributed by atoms with Crippen molar-refractivity contribution in [2.24, 2.45) is 0 Å². The first kappa shape index (κ1) is 15.7. The van der Waals surface area contributed by atoms with Gasteiger partial charge in [-0.3, -0.25) is 9.59 Å². The number of H-pyrrole nitrogens is 1. The number of carbonyl (C=O) groups excluding carboxylic acids is 1. The molecule has 6 heteroatoms. The van der Waals surface area contributed by atoms with E-state index in [4.69, 9.17) is 4.74 Å². The van der Waals surface area contributed by atoms with Gasteiger partial charge in [0.2, 0.25) is 5.91 Å². The zero-order valence-electron chi connectivity index (χ0n) is 13.2. The van der Waals surface area contributed by atoms with E-state index >= 15 is 0 Å². The molecule has 3 rings (SSSR count). The number of fused-ring (bicyclic) bond motifs is 1. The number of rotatable bonds is 4. The van der Waals surface area contributed by atoms with Gasteiger partial charge in [-0.2, -0.15) is 5.10 Å². The summed E-state index contributed by atoms with van der Waals surface area (Å²) in [5, 5.41) is 7.87. The van der Waals surface area contributed by atoms with Gasteiger partial charge in [0, 0.05) is 25.1 Å². The van der Waals surface area contributed by atoms with Crippen LogP contribution in [-0.2, 0) is 16.0 Å². The van der Waals surface area contributed by atoms with Crippen molar-refractivity contribution in [3.8, 4) is 0 Å². The molecule has 0 spiro atoms. The monoisotopic (exact) mass is 315 g/mol. The third-order valence-electron chi connectivity index (χ3n) is 4.29. The van der Waals surface area contributed by atoms with Gasteiger partial charge in [-0.1, -0.05) is 18.2 Å². The van der Waals surface area contributed by atoms with Crippen LogP contribution in [0.3, 0.4) is 0 Å². The van der Waals surface area contributed by atoms with Gasteiger partial charge < -0.3 is 9.64 Å². The van der Waals surface area contributed by atoms with Gasteiger partial charge in [0.05, 0.1) is 23.6 Å². The molecule has 1 aromatic carbocycles. The number of hydrogen-bond donors (Lipinski definition) is 1. The van der Waals surface area contributed by atoms with Crippen molar-refractivity contribution in [3.05, 3.63) is 40.3 Å². The van der Waals surface area contributed by atoms with E-state index in [0.29, 0.717) is 30.8 Å². The smallest absolute Gasteiger partial charge is 0.272 e. The Bertz CT molecular complexity index is 748. The van der Waals surface area contributed by atoms with Gasteiger partial charge in [-0.15, -0.1) is 0 Å². The number of piperidine rings is 1. The molecule has 0 aliphatic carbocycles. The summed E-state index contributed by atoms with van der Waals surface area (Å²) in [6.45, 7) is 4.13. The lowest BCUT2D eigenvalue weighted by Gasteiger charge is -2.31. The number of aromatic nitrogens is 2. The molecule has 2 heterocycles. The summed E-state index contributed by atoms with van der Waals surface area (Å²) in [6.07, 6.45) is 2.21. The maximum absolute atomic E-state index is 12.5. The quantitative estimate of drug-likeness (QED) is 0.927. The molecule has 0 unspecified atom stereocenters. The van der Waals surface area contributed by atoms with E-state index in [2.05, 4.69) is 10.2 Å². The Morgan fingerprint density at radius 3 is 2.70 bits per heavy atom. The van der Waals surface area contributed by atoms with Crippen LogP contribution in [0.2, 0.25) is 0 Å². The lowest BCUT2D eigenvalue weighted by Crippen LogP contribution is -2.41. The van der Waals surface area contributed by atoms with Gasteiger partial charge in [-0.05, 0) is 25.8 Å². The molecule has 1 saturated heterocycles. The van der Waals surface area contributed by atoms with Crippen LogP contribution in [0.15, 0.2) is 29.1 Å². The van der Waals surface area contributed by atoms with Gasteiger partial charge in [-0.25, -0.2) is 5.10 Å². The molecule has 1 amide bonds. The Balaban J connectivity index is 1.72. The average molecular weight is 315 g/mol. The van der Waals surface area contributed by atoms with Crippen molar-refractivity contribution in [1.29, 1.82) is 0 Å². The van der Waals surface area contributed by atoms with Crippen molar-refractivity contribution in [1.82, 2.24) is 15.1 Å². The number of ether oxygens (including phenoxy) is 1. The topological polar surface area (TPSA) is 75.3 Å². The van der Waals surface area contributed by atoms with Crippen LogP contribution in [-0.4, -0.2) is 46.8 Å². The third kappa shape index (κ3) is 3.42. The molecule has 23 heavy (non-hydrogen) atoms. The average Bonchev–Trinajstić information content (AvgIpc) is 2.58. The summed E-state index contributed by atoms with van der Waals surface area (Å²) < 4.78 is 5.61. The second-order valence-corrected chi connectivity index (χ2v) is 5.76. The number of nitrogens with one attached hydrogen (secondary N) is 1. The molecule has 1 aromatic heterocycles. The summed E-state index contributed by atoms with van der Waals surface area (Å²) >= 11 is 0. The number of carbonyl (C=O) groups is 1. The lowest BCUT2D eigenvalue weighted by atomic mass is 10.1. The zero-order valence-corrected chi connectivity index (χ0v) is 13.2. The first-order valence-electron chi connectivity index (χ1n) is 8.04. The third-order valence-corrected chi connectivity index (χ3v) is 4.29. The highest BCUT2D eigenvalue weighted by Crippen LogP contribution is 2.17. The Kier molecular flexibility index (Phi) is 4.71. The predicted molar refractivity (Wildman–Crippen MR) is 87.3 cm³/mol. The van der Waals surface area contributed by atoms with Gasteiger partial charge in [0.25, 0.3) is 5.56 Å². The normalized spacial score (nSPS) is 16.0. The molecule has 0 saturated carbocycles. The molecule has 1 aliphatic rings. The summed E-state index contributed by atoms with van der Waals surface area (Å²) in [4.78, 5) is 26.2. The van der Waals surface area contributed by atoms with Crippen LogP contribution in [0, 0.1) is 0 Å². The van der Waals surface area contributed by atoms with Gasteiger partial charge in [0.15, 0.2) is 0 Å². The summed E-state index contributed by atoms with van der Waals surface area (Å²) in [5.74, 6) is 0.0460. The molecule has 0 atom stereocenters. The Hall–Kier alpha value is -2.21. The fourth-order valence-corrected chi connectivity index (χ4v) is 3.07. The van der Waals surface area contributed by atoms with Gasteiger partial charge in [0.1, 0.15) is 0 Å². The van der Waals surface area contributed by atoms with Gasteiger partial charge >= 0.3 is 0 Å². The minimum absolute atomic E-state index is 0.0460. The van der Waals surface area contributed by atoms with Crippen LogP contribution >= 0.6 is 0 Å². The van der Waals surface area contributed by atoms with E-state index in [1.807, 2.05) is 30.0 Å². The van der Waals surface area contributed by atoms with Crippen molar-refractivity contribution in [2.45, 2.75) is 32.3 Å². The van der Waals surface area contributed by atoms with E-state index in [1.165, 1.54) is 0 Å². The van der Waals surface area contributed by atoms with E-state index in [0.717, 1.165) is 18.2 Å². The Labute approximate surface area is 134 Å². The molecular weight excluding hydrogens is 294 g/mol. The predicted octanol–water partition coefficient (Wildman–Crippen LogP) is 1.49. The van der Waals surface area contributed by atoms with Crippen molar-refractivity contribution in [2.75, 3.05) is 19.7 Å². The number of aromatic amines is 1. The number of hydrogen-bond acceptors (Lipinski definition) is 4. The number of nitrogens with zero attached hydrogens (tertiary/aromatic N) is 2. The highest BCUT2D eigenvalue weighted by atomic mass is 16.5. The molecule has 0 bridgehead atoms. The maximum Gasteiger partial charge on any atom is 0.272 e. The minimum Gasteiger partial charge on any atom is -0.378 e. The van der Waals surface area contributed by atoms with E-state index in [9.17, 15) is 9.59 Å². The fourth-order valence-electron chi connectivity index (χ4n) is 3.07. The van der Waals surface area contributed by atoms with E-state index < -0.39 is 0 Å². The minimum atomic E-state index is -0.227. The number of likely N-dealkylation sites (tertiary alicyclic amines) is 1. The fraction of sp³-hybridized carbons (Fsp3) is 0.471. The van der Waals surface area contributed by atoms with Crippen molar-refractivity contribution < 1.29 is 9.53 Å². The molecule has 1 aliphatic heterocycles. The number of benzene rings is 1. The Morgan fingerprint density at radius 1 is 1.30 bits per heavy atom. The second-order valence-electron chi connectivity index (χ2n) is 5.76. The Morgan fingerprint density at radius 2 is 2.00 bits per heavy atom. The molecule has 1 N–H and O–H groups in total. The molecule has 1 fully saturated rings. The van der Waals surface area contributed by atoms with Crippen molar-refractivity contribution >= 4 is 16.7 Å². The number of amides is 1. The molecule has 6 nitrogen and oxygen atoms in total. The first-order chi connectivity index (χ1) is 11.2. The van der Waals surface area contributed by atoms with E-state index in [-0.39, 0.29) is 24.0 Å². The summed E-state index contributed by atoms with van der Waals surface area (Å²) in [6, 6.07) is 7.24.